The molecule has 2 aromatic carbocycles. The number of rotatable bonds is 5. The van der Waals surface area contributed by atoms with Gasteiger partial charge in [0.1, 0.15) is 12.1 Å². The largest absolute Gasteiger partial charge is 1.00 e. The molecule has 1 heterocycles. The van der Waals surface area contributed by atoms with Crippen LogP contribution in [0.2, 0.25) is 0 Å². The van der Waals surface area contributed by atoms with Crippen LogP contribution in [0.25, 0.3) is 0 Å². The van der Waals surface area contributed by atoms with E-state index in [9.17, 15) is 0 Å². The summed E-state index contributed by atoms with van der Waals surface area (Å²) in [6, 6.07) is 21.9. The summed E-state index contributed by atoms with van der Waals surface area (Å²) in [4.78, 5) is 0. The van der Waals surface area contributed by atoms with E-state index in [1.54, 1.807) is 0 Å². The van der Waals surface area contributed by atoms with Crippen molar-refractivity contribution < 1.29 is 33.2 Å². The third kappa shape index (κ3) is 4.19. The molecule has 0 aromatic heterocycles. The smallest absolute Gasteiger partial charge is 0.145 e. The molecular formula is C21H28INO. The van der Waals surface area contributed by atoms with Crippen molar-refractivity contribution in [1.82, 2.24) is 0 Å². The number of benzene rings is 2. The number of halogens is 1. The highest BCUT2D eigenvalue weighted by molar-refractivity contribution is 5.25. The quantitative estimate of drug-likeness (QED) is 0.512. The number of quaternary nitrogens is 1. The lowest BCUT2D eigenvalue weighted by Gasteiger charge is -2.47. The number of nitrogens with zero attached hydrogens (tertiary/aromatic N) is 1. The van der Waals surface area contributed by atoms with Crippen molar-refractivity contribution >= 4 is 0 Å². The highest BCUT2D eigenvalue weighted by Gasteiger charge is 2.41. The summed E-state index contributed by atoms with van der Waals surface area (Å²) < 4.78 is 7.12. The zero-order valence-corrected chi connectivity index (χ0v) is 16.9. The number of likely N-dealkylation sites (tertiary alicyclic amines) is 1. The molecule has 0 radical (unpaired) electrons. The molecule has 0 aliphatic carbocycles. The van der Waals surface area contributed by atoms with E-state index in [1.165, 1.54) is 43.5 Å². The van der Waals surface area contributed by atoms with Gasteiger partial charge >= 0.3 is 0 Å². The number of hydrogen-bond acceptors (Lipinski definition) is 1. The monoisotopic (exact) mass is 437 g/mol. The van der Waals surface area contributed by atoms with Gasteiger partial charge in [0.15, 0.2) is 0 Å². The molecule has 1 saturated heterocycles. The third-order valence-corrected chi connectivity index (χ3v) is 5.32. The maximum absolute atomic E-state index is 6.06. The molecule has 0 saturated carbocycles. The highest BCUT2D eigenvalue weighted by atomic mass is 127. The number of hydrogen-bond donors (Lipinski definition) is 0. The van der Waals surface area contributed by atoms with Gasteiger partial charge in [-0.3, -0.25) is 0 Å². The normalized spacial score (nSPS) is 19.1. The number of piperidine rings is 1. The maximum atomic E-state index is 6.06. The van der Waals surface area contributed by atoms with Gasteiger partial charge in [0.2, 0.25) is 0 Å². The van der Waals surface area contributed by atoms with Crippen molar-refractivity contribution in [1.29, 1.82) is 0 Å². The first-order chi connectivity index (χ1) is 11.2. The molecule has 0 spiro atoms. The Labute approximate surface area is 163 Å². The Balaban J connectivity index is 0.00000208. The zero-order valence-electron chi connectivity index (χ0n) is 14.7. The Morgan fingerprint density at radius 3 is 1.79 bits per heavy atom. The van der Waals surface area contributed by atoms with Crippen LogP contribution in [-0.4, -0.2) is 31.7 Å². The van der Waals surface area contributed by atoms with Crippen LogP contribution in [0.15, 0.2) is 60.7 Å². The summed E-state index contributed by atoms with van der Waals surface area (Å²) in [6.07, 6.45) is 4.07. The molecule has 3 rings (SSSR count). The molecule has 3 heteroatoms. The molecule has 1 fully saturated rings. The van der Waals surface area contributed by atoms with Gasteiger partial charge in [-0.05, 0) is 24.8 Å². The average Bonchev–Trinajstić information content (AvgIpc) is 2.61. The van der Waals surface area contributed by atoms with Gasteiger partial charge < -0.3 is 33.2 Å². The summed E-state index contributed by atoms with van der Waals surface area (Å²) in [7, 11) is 4.26. The predicted molar refractivity (Wildman–Crippen MR) is 95.1 cm³/mol. The fourth-order valence-electron chi connectivity index (χ4n) is 4.11. The van der Waals surface area contributed by atoms with Gasteiger partial charge in [0.25, 0.3) is 0 Å². The predicted octanol–water partition coefficient (Wildman–Crippen LogP) is 1.75. The van der Waals surface area contributed by atoms with Gasteiger partial charge in [0.05, 0.1) is 20.1 Å². The fraction of sp³-hybridized carbons (Fsp3) is 0.429. The number of ether oxygens (including phenoxy) is 1. The standard InChI is InChI=1S/C21H28NO.HI/c1-22(16-10-5-11-17-22)20(18-12-6-3-7-13-18)21(23-2)19-14-8-4-9-15-19;/h3-4,6-9,12-15,20-21H,5,10-11,16-17H2,1-2H3;1H/q+1;/p-1/t20-,21-;/m0./s1. The molecule has 24 heavy (non-hydrogen) atoms. The molecule has 0 unspecified atom stereocenters. The van der Waals surface area contributed by atoms with E-state index < -0.39 is 0 Å². The van der Waals surface area contributed by atoms with Gasteiger partial charge in [-0.2, -0.15) is 0 Å². The lowest BCUT2D eigenvalue weighted by Crippen LogP contribution is -3.00. The van der Waals surface area contributed by atoms with Crippen LogP contribution in [0.5, 0.6) is 0 Å². The van der Waals surface area contributed by atoms with Crippen LogP contribution in [0.3, 0.4) is 0 Å². The molecule has 2 aromatic rings. The Bertz CT molecular complexity index is 596. The van der Waals surface area contributed by atoms with Crippen molar-refractivity contribution in [2.75, 3.05) is 27.2 Å². The van der Waals surface area contributed by atoms with E-state index in [1.807, 2.05) is 7.11 Å². The molecule has 0 bridgehead atoms. The average molecular weight is 437 g/mol. The van der Waals surface area contributed by atoms with Crippen molar-refractivity contribution in [3.63, 3.8) is 0 Å². The summed E-state index contributed by atoms with van der Waals surface area (Å²) in [5.41, 5.74) is 2.65. The molecule has 0 amide bonds. The SMILES string of the molecule is CO[C@@H](c1ccccc1)[C@H](c1ccccc1)[N+]1(C)CCCCC1.[I-]. The lowest BCUT2D eigenvalue weighted by molar-refractivity contribution is -0.948. The Morgan fingerprint density at radius 1 is 0.792 bits per heavy atom. The minimum atomic E-state index is 0. The van der Waals surface area contributed by atoms with Crippen molar-refractivity contribution in [2.24, 2.45) is 0 Å². The molecular weight excluding hydrogens is 409 g/mol. The summed E-state index contributed by atoms with van der Waals surface area (Å²) in [5, 5.41) is 0. The van der Waals surface area contributed by atoms with Crippen LogP contribution in [-0.2, 0) is 4.74 Å². The van der Waals surface area contributed by atoms with Crippen molar-refractivity contribution in [2.45, 2.75) is 31.4 Å². The van der Waals surface area contributed by atoms with Crippen LogP contribution in [0.4, 0.5) is 0 Å². The van der Waals surface area contributed by atoms with Gasteiger partial charge in [-0.1, -0.05) is 60.7 Å². The topological polar surface area (TPSA) is 9.23 Å². The molecule has 1 aliphatic heterocycles. The summed E-state index contributed by atoms with van der Waals surface area (Å²) in [5.74, 6) is 0. The van der Waals surface area contributed by atoms with E-state index >= 15 is 0 Å². The third-order valence-electron chi connectivity index (χ3n) is 5.32. The first-order valence-corrected chi connectivity index (χ1v) is 8.71. The minimum Gasteiger partial charge on any atom is -1.00 e. The second-order valence-electron chi connectivity index (χ2n) is 6.91. The highest BCUT2D eigenvalue weighted by Crippen LogP contribution is 2.42. The molecule has 130 valence electrons. The first kappa shape index (κ1) is 19.4. The van der Waals surface area contributed by atoms with Crippen molar-refractivity contribution in [3.05, 3.63) is 71.8 Å². The van der Waals surface area contributed by atoms with E-state index in [4.69, 9.17) is 4.74 Å². The zero-order chi connectivity index (χ0) is 16.1. The van der Waals surface area contributed by atoms with E-state index in [-0.39, 0.29) is 30.1 Å². The lowest BCUT2D eigenvalue weighted by atomic mass is 9.90. The van der Waals surface area contributed by atoms with Crippen LogP contribution < -0.4 is 24.0 Å². The van der Waals surface area contributed by atoms with Crippen LogP contribution >= 0.6 is 0 Å². The molecule has 0 N–H and O–H groups in total. The van der Waals surface area contributed by atoms with Gasteiger partial charge in [-0.25, -0.2) is 0 Å². The molecule has 2 nitrogen and oxygen atoms in total. The van der Waals surface area contributed by atoms with Gasteiger partial charge in [-0.15, -0.1) is 0 Å². The van der Waals surface area contributed by atoms with Crippen LogP contribution in [0.1, 0.15) is 42.5 Å². The Kier molecular flexibility index (Phi) is 7.26. The fourth-order valence-corrected chi connectivity index (χ4v) is 4.11. The van der Waals surface area contributed by atoms with E-state index in [0.29, 0.717) is 6.04 Å². The number of likely N-dealkylation sites (N-methyl/N-ethyl adjacent to an activating group) is 1. The summed E-state index contributed by atoms with van der Waals surface area (Å²) in [6.45, 7) is 2.46. The molecule has 2 atom stereocenters. The second kappa shape index (κ2) is 8.97. The minimum absolute atomic E-state index is 0. The molecule has 1 aliphatic rings. The Morgan fingerprint density at radius 2 is 1.29 bits per heavy atom. The van der Waals surface area contributed by atoms with Crippen LogP contribution in [0, 0.1) is 0 Å². The van der Waals surface area contributed by atoms with E-state index in [0.717, 1.165) is 4.48 Å². The first-order valence-electron chi connectivity index (χ1n) is 8.71. The van der Waals surface area contributed by atoms with E-state index in [2.05, 4.69) is 67.7 Å². The van der Waals surface area contributed by atoms with Gasteiger partial charge in [0, 0.05) is 12.7 Å². The maximum Gasteiger partial charge on any atom is 0.145 e. The summed E-state index contributed by atoms with van der Waals surface area (Å²) >= 11 is 0. The second-order valence-corrected chi connectivity index (χ2v) is 6.91. The Hall–Kier alpha value is -0.910. The van der Waals surface area contributed by atoms with Crippen molar-refractivity contribution in [3.8, 4) is 0 Å². The number of methoxy groups -OCH3 is 1.